The van der Waals surface area contributed by atoms with Crippen molar-refractivity contribution in [3.8, 4) is 0 Å². The van der Waals surface area contributed by atoms with Gasteiger partial charge in [0.2, 0.25) is 0 Å². The molecule has 0 saturated carbocycles. The number of pyridine rings is 1. The van der Waals surface area contributed by atoms with E-state index in [1.54, 1.807) is 6.20 Å². The Labute approximate surface area is 116 Å². The van der Waals surface area contributed by atoms with Gasteiger partial charge in [-0.25, -0.2) is 4.98 Å². The molecule has 0 aliphatic carbocycles. The van der Waals surface area contributed by atoms with Crippen molar-refractivity contribution in [3.63, 3.8) is 0 Å². The number of halogens is 1. The Bertz CT molecular complexity index is 514. The normalized spacial score (nSPS) is 12.2. The van der Waals surface area contributed by atoms with Crippen LogP contribution >= 0.6 is 15.9 Å². The second-order valence-corrected chi connectivity index (χ2v) is 5.02. The molecular formula is C14H16BrN3. The number of rotatable bonds is 4. The highest BCUT2D eigenvalue weighted by atomic mass is 79.9. The minimum atomic E-state index is 0.0827. The Kier molecular flexibility index (Phi) is 4.33. The highest BCUT2D eigenvalue weighted by molar-refractivity contribution is 9.10. The van der Waals surface area contributed by atoms with E-state index in [4.69, 9.17) is 5.73 Å². The van der Waals surface area contributed by atoms with Crippen LogP contribution in [-0.4, -0.2) is 11.5 Å². The number of nitrogens with two attached hydrogens (primary N) is 1. The van der Waals surface area contributed by atoms with Crippen LogP contribution in [0, 0.1) is 6.92 Å². The summed E-state index contributed by atoms with van der Waals surface area (Å²) in [4.78, 5) is 4.34. The molecule has 1 aromatic carbocycles. The van der Waals surface area contributed by atoms with Gasteiger partial charge in [0.1, 0.15) is 5.82 Å². The molecule has 2 aromatic rings. The van der Waals surface area contributed by atoms with E-state index in [9.17, 15) is 0 Å². The van der Waals surface area contributed by atoms with Gasteiger partial charge < -0.3 is 11.1 Å². The molecule has 4 heteroatoms. The molecule has 0 amide bonds. The number of anilines is 1. The van der Waals surface area contributed by atoms with E-state index < -0.39 is 0 Å². The zero-order valence-electron chi connectivity index (χ0n) is 10.2. The average Bonchev–Trinajstić information content (AvgIpc) is 2.41. The number of hydrogen-bond donors (Lipinski definition) is 2. The van der Waals surface area contributed by atoms with E-state index >= 15 is 0 Å². The van der Waals surface area contributed by atoms with E-state index in [2.05, 4.69) is 38.4 Å². The first kappa shape index (κ1) is 13.1. The Morgan fingerprint density at radius 1 is 1.33 bits per heavy atom. The number of nitrogens with one attached hydrogen (secondary N) is 1. The summed E-state index contributed by atoms with van der Waals surface area (Å²) in [5, 5.41) is 3.36. The van der Waals surface area contributed by atoms with Crippen LogP contribution in [0.5, 0.6) is 0 Å². The van der Waals surface area contributed by atoms with Gasteiger partial charge in [-0.2, -0.15) is 0 Å². The lowest BCUT2D eigenvalue weighted by atomic mass is 10.1. The first-order chi connectivity index (χ1) is 8.70. The number of hydrogen-bond acceptors (Lipinski definition) is 3. The lowest BCUT2D eigenvalue weighted by molar-refractivity contribution is 0.784. The first-order valence-electron chi connectivity index (χ1n) is 5.84. The maximum atomic E-state index is 5.82. The highest BCUT2D eigenvalue weighted by Gasteiger charge is 2.09. The van der Waals surface area contributed by atoms with Gasteiger partial charge in [-0.3, -0.25) is 0 Å². The molecule has 1 aromatic heterocycles. The second-order valence-electron chi connectivity index (χ2n) is 4.16. The van der Waals surface area contributed by atoms with Gasteiger partial charge >= 0.3 is 0 Å². The van der Waals surface area contributed by atoms with Gasteiger partial charge in [-0.15, -0.1) is 0 Å². The van der Waals surface area contributed by atoms with Gasteiger partial charge in [0.25, 0.3) is 0 Å². The quantitative estimate of drug-likeness (QED) is 0.911. The molecule has 0 fully saturated rings. The fourth-order valence-corrected chi connectivity index (χ4v) is 1.98. The summed E-state index contributed by atoms with van der Waals surface area (Å²) < 4.78 is 1.01. The maximum Gasteiger partial charge on any atom is 0.126 e. The first-order valence-corrected chi connectivity index (χ1v) is 6.63. The Balaban J connectivity index is 2.18. The molecule has 0 bridgehead atoms. The fraction of sp³-hybridized carbons (Fsp3) is 0.214. The van der Waals surface area contributed by atoms with Gasteiger partial charge in [-0.1, -0.05) is 30.3 Å². The van der Waals surface area contributed by atoms with Crippen LogP contribution in [0.4, 0.5) is 5.82 Å². The molecule has 1 heterocycles. The summed E-state index contributed by atoms with van der Waals surface area (Å²) in [5.74, 6) is 0.843. The molecule has 0 spiro atoms. The van der Waals surface area contributed by atoms with Gasteiger partial charge in [0.15, 0.2) is 0 Å². The minimum Gasteiger partial charge on any atom is -0.362 e. The largest absolute Gasteiger partial charge is 0.362 e. The number of nitrogens with zero attached hydrogens (tertiary/aromatic N) is 1. The van der Waals surface area contributed by atoms with Crippen LogP contribution in [0.3, 0.4) is 0 Å². The summed E-state index contributed by atoms with van der Waals surface area (Å²) in [6.45, 7) is 2.57. The van der Waals surface area contributed by atoms with Crippen molar-refractivity contribution in [1.29, 1.82) is 0 Å². The van der Waals surface area contributed by atoms with Gasteiger partial charge in [0.05, 0.1) is 6.04 Å². The van der Waals surface area contributed by atoms with Crippen molar-refractivity contribution in [2.45, 2.75) is 13.0 Å². The molecule has 0 aliphatic rings. The third-order valence-corrected chi connectivity index (χ3v) is 3.64. The van der Waals surface area contributed by atoms with Crippen molar-refractivity contribution in [2.75, 3.05) is 11.9 Å². The molecule has 0 radical (unpaired) electrons. The third-order valence-electron chi connectivity index (χ3n) is 2.81. The number of aryl methyl sites for hydroxylation is 1. The van der Waals surface area contributed by atoms with E-state index in [1.807, 2.05) is 31.2 Å². The molecule has 0 saturated heterocycles. The summed E-state index contributed by atoms with van der Waals surface area (Å²) in [6, 6.07) is 12.3. The summed E-state index contributed by atoms with van der Waals surface area (Å²) in [6.07, 6.45) is 1.80. The molecule has 3 N–H and O–H groups in total. The molecule has 3 nitrogen and oxygen atoms in total. The zero-order chi connectivity index (χ0) is 13.0. The molecule has 1 unspecified atom stereocenters. The predicted octanol–water partition coefficient (Wildman–Crippen LogP) is 3.26. The zero-order valence-corrected chi connectivity index (χ0v) is 11.8. The van der Waals surface area contributed by atoms with Crippen LogP contribution in [0.1, 0.15) is 17.2 Å². The van der Waals surface area contributed by atoms with Crippen molar-refractivity contribution in [3.05, 3.63) is 58.2 Å². The number of benzene rings is 1. The molecule has 18 heavy (non-hydrogen) atoms. The second kappa shape index (κ2) is 5.98. The molecule has 2 rings (SSSR count). The van der Waals surface area contributed by atoms with E-state index in [0.29, 0.717) is 6.54 Å². The van der Waals surface area contributed by atoms with Crippen LogP contribution in [0.25, 0.3) is 0 Å². The summed E-state index contributed by atoms with van der Waals surface area (Å²) >= 11 is 3.44. The Morgan fingerprint density at radius 3 is 2.67 bits per heavy atom. The van der Waals surface area contributed by atoms with Crippen molar-refractivity contribution in [1.82, 2.24) is 4.98 Å². The van der Waals surface area contributed by atoms with E-state index in [0.717, 1.165) is 15.9 Å². The molecule has 1 atom stereocenters. The highest BCUT2D eigenvalue weighted by Crippen LogP contribution is 2.21. The van der Waals surface area contributed by atoms with Crippen molar-refractivity contribution >= 4 is 21.7 Å². The van der Waals surface area contributed by atoms with E-state index in [1.165, 1.54) is 5.56 Å². The number of aromatic nitrogens is 1. The smallest absolute Gasteiger partial charge is 0.126 e. The Morgan fingerprint density at radius 2 is 2.06 bits per heavy atom. The summed E-state index contributed by atoms with van der Waals surface area (Å²) in [7, 11) is 0. The van der Waals surface area contributed by atoms with Gasteiger partial charge in [0, 0.05) is 17.2 Å². The van der Waals surface area contributed by atoms with E-state index in [-0.39, 0.29) is 6.04 Å². The maximum absolute atomic E-state index is 5.82. The third kappa shape index (κ3) is 3.09. The van der Waals surface area contributed by atoms with Crippen molar-refractivity contribution < 1.29 is 0 Å². The van der Waals surface area contributed by atoms with Crippen LogP contribution in [0.2, 0.25) is 0 Å². The molecule has 94 valence electrons. The van der Waals surface area contributed by atoms with Crippen molar-refractivity contribution in [2.24, 2.45) is 5.73 Å². The van der Waals surface area contributed by atoms with Crippen LogP contribution in [-0.2, 0) is 0 Å². The minimum absolute atomic E-state index is 0.0827. The SMILES string of the molecule is Cc1cc(NC(CN)c2ccccc2)ncc1Br. The average molecular weight is 306 g/mol. The molecule has 0 aliphatic heterocycles. The lowest BCUT2D eigenvalue weighted by Crippen LogP contribution is -2.21. The molecular weight excluding hydrogens is 290 g/mol. The predicted molar refractivity (Wildman–Crippen MR) is 78.5 cm³/mol. The van der Waals surface area contributed by atoms with Crippen LogP contribution in [0.15, 0.2) is 47.1 Å². The van der Waals surface area contributed by atoms with Crippen LogP contribution < -0.4 is 11.1 Å². The summed E-state index contributed by atoms with van der Waals surface area (Å²) in [5.41, 5.74) is 8.14. The Hall–Kier alpha value is -1.39. The lowest BCUT2D eigenvalue weighted by Gasteiger charge is -2.18. The van der Waals surface area contributed by atoms with Gasteiger partial charge in [-0.05, 0) is 40.0 Å². The monoisotopic (exact) mass is 305 g/mol. The standard InChI is InChI=1S/C14H16BrN3/c1-10-7-14(17-9-12(10)15)18-13(8-16)11-5-3-2-4-6-11/h2-7,9,13H,8,16H2,1H3,(H,17,18). The fourth-order valence-electron chi connectivity index (χ4n) is 1.76. The topological polar surface area (TPSA) is 50.9 Å².